The molecule has 4 nitrogen and oxygen atoms in total. The van der Waals surface area contributed by atoms with Crippen LogP contribution >= 0.6 is 0 Å². The zero-order valence-electron chi connectivity index (χ0n) is 10.7. The number of nitrogens with zero attached hydrogens (tertiary/aromatic N) is 3. The Kier molecular flexibility index (Phi) is 3.97. The van der Waals surface area contributed by atoms with E-state index in [2.05, 4.69) is 27.9 Å². The predicted octanol–water partition coefficient (Wildman–Crippen LogP) is 1.02. The number of aromatic nitrogens is 1. The zero-order chi connectivity index (χ0) is 12.3. The first-order chi connectivity index (χ1) is 8.20. The zero-order valence-corrected chi connectivity index (χ0v) is 10.7. The van der Waals surface area contributed by atoms with Crippen LogP contribution in [0.4, 0.5) is 5.69 Å². The van der Waals surface area contributed by atoms with Gasteiger partial charge in [-0.25, -0.2) is 0 Å². The molecule has 0 bridgehead atoms. The van der Waals surface area contributed by atoms with Crippen molar-refractivity contribution in [3.8, 4) is 0 Å². The molecule has 1 aromatic rings. The summed E-state index contributed by atoms with van der Waals surface area (Å²) < 4.78 is 0. The molecule has 1 aromatic heterocycles. The quantitative estimate of drug-likeness (QED) is 0.831. The van der Waals surface area contributed by atoms with Crippen molar-refractivity contribution in [3.63, 3.8) is 0 Å². The fourth-order valence-electron chi connectivity index (χ4n) is 2.28. The highest BCUT2D eigenvalue weighted by atomic mass is 16.3. The molecule has 1 aliphatic rings. The number of aliphatic hydroxyl groups is 1. The molecule has 1 saturated heterocycles. The maximum atomic E-state index is 9.39. The SMILES string of the molecule is Cc1cc(N2CCCN(C)CC2)c(CO)cn1. The molecule has 94 valence electrons. The lowest BCUT2D eigenvalue weighted by Crippen LogP contribution is -2.29. The second kappa shape index (κ2) is 5.47. The number of aliphatic hydroxyl groups excluding tert-OH is 1. The molecule has 0 radical (unpaired) electrons. The monoisotopic (exact) mass is 235 g/mol. The minimum Gasteiger partial charge on any atom is -0.392 e. The number of hydrogen-bond acceptors (Lipinski definition) is 4. The largest absolute Gasteiger partial charge is 0.392 e. The number of pyridine rings is 1. The van der Waals surface area contributed by atoms with Gasteiger partial charge in [-0.2, -0.15) is 0 Å². The van der Waals surface area contributed by atoms with Crippen molar-refractivity contribution in [2.24, 2.45) is 0 Å². The minimum absolute atomic E-state index is 0.0644. The molecule has 0 spiro atoms. The van der Waals surface area contributed by atoms with Gasteiger partial charge in [0, 0.05) is 42.8 Å². The summed E-state index contributed by atoms with van der Waals surface area (Å²) in [5.41, 5.74) is 3.09. The standard InChI is InChI=1S/C13H21N3O/c1-11-8-13(12(10-17)9-14-11)16-5-3-4-15(2)6-7-16/h8-9,17H,3-7,10H2,1-2H3. The summed E-state index contributed by atoms with van der Waals surface area (Å²) >= 11 is 0. The highest BCUT2D eigenvalue weighted by molar-refractivity contribution is 5.53. The summed E-state index contributed by atoms with van der Waals surface area (Å²) in [5.74, 6) is 0. The lowest BCUT2D eigenvalue weighted by Gasteiger charge is -2.25. The van der Waals surface area contributed by atoms with E-state index in [0.29, 0.717) is 0 Å². The highest BCUT2D eigenvalue weighted by Gasteiger charge is 2.15. The summed E-state index contributed by atoms with van der Waals surface area (Å²) in [6.07, 6.45) is 2.96. The van der Waals surface area contributed by atoms with Crippen molar-refractivity contribution in [1.29, 1.82) is 0 Å². The predicted molar refractivity (Wildman–Crippen MR) is 69.2 cm³/mol. The molecule has 2 heterocycles. The first-order valence-electron chi connectivity index (χ1n) is 6.20. The molecule has 1 N–H and O–H groups in total. The second-order valence-corrected chi connectivity index (χ2v) is 4.76. The lowest BCUT2D eigenvalue weighted by atomic mass is 10.2. The highest BCUT2D eigenvalue weighted by Crippen LogP contribution is 2.22. The van der Waals surface area contributed by atoms with E-state index >= 15 is 0 Å². The number of rotatable bonds is 2. The third-order valence-corrected chi connectivity index (χ3v) is 3.33. The van der Waals surface area contributed by atoms with E-state index in [0.717, 1.165) is 43.1 Å². The Labute approximate surface area is 103 Å². The van der Waals surface area contributed by atoms with Crippen LogP contribution in [0.15, 0.2) is 12.3 Å². The van der Waals surface area contributed by atoms with E-state index in [1.165, 1.54) is 6.42 Å². The average Bonchev–Trinajstić information content (AvgIpc) is 2.54. The van der Waals surface area contributed by atoms with Gasteiger partial charge in [0.25, 0.3) is 0 Å². The Morgan fingerprint density at radius 2 is 2.12 bits per heavy atom. The van der Waals surface area contributed by atoms with E-state index in [1.807, 2.05) is 6.92 Å². The van der Waals surface area contributed by atoms with Crippen LogP contribution < -0.4 is 4.90 Å². The third-order valence-electron chi connectivity index (χ3n) is 3.33. The summed E-state index contributed by atoms with van der Waals surface area (Å²) in [4.78, 5) is 8.97. The van der Waals surface area contributed by atoms with Crippen LogP contribution in [0.3, 0.4) is 0 Å². The van der Waals surface area contributed by atoms with E-state index in [9.17, 15) is 5.11 Å². The fourth-order valence-corrected chi connectivity index (χ4v) is 2.28. The Bertz CT molecular complexity index is 381. The van der Waals surface area contributed by atoms with E-state index < -0.39 is 0 Å². The van der Waals surface area contributed by atoms with Crippen molar-refractivity contribution in [3.05, 3.63) is 23.5 Å². The molecule has 0 saturated carbocycles. The summed E-state index contributed by atoms with van der Waals surface area (Å²) in [7, 11) is 2.16. The van der Waals surface area contributed by atoms with Crippen molar-refractivity contribution >= 4 is 5.69 Å². The minimum atomic E-state index is 0.0644. The van der Waals surface area contributed by atoms with Crippen molar-refractivity contribution < 1.29 is 5.11 Å². The Balaban J connectivity index is 2.22. The fraction of sp³-hybridized carbons (Fsp3) is 0.615. The van der Waals surface area contributed by atoms with Gasteiger partial charge in [0.2, 0.25) is 0 Å². The molecule has 0 aromatic carbocycles. The molecule has 2 rings (SSSR count). The molecular weight excluding hydrogens is 214 g/mol. The topological polar surface area (TPSA) is 39.6 Å². The lowest BCUT2D eigenvalue weighted by molar-refractivity contribution is 0.281. The van der Waals surface area contributed by atoms with Crippen LogP contribution in [0, 0.1) is 6.92 Å². The molecule has 0 amide bonds. The number of hydrogen-bond donors (Lipinski definition) is 1. The van der Waals surface area contributed by atoms with Crippen LogP contribution in [-0.4, -0.2) is 48.2 Å². The van der Waals surface area contributed by atoms with Gasteiger partial charge < -0.3 is 14.9 Å². The normalized spacial score (nSPS) is 18.2. The molecule has 1 fully saturated rings. The maximum absolute atomic E-state index is 9.39. The van der Waals surface area contributed by atoms with Gasteiger partial charge in [0.1, 0.15) is 0 Å². The summed E-state index contributed by atoms with van der Waals surface area (Å²) in [5, 5.41) is 9.39. The molecule has 0 aliphatic carbocycles. The molecule has 17 heavy (non-hydrogen) atoms. The first kappa shape index (κ1) is 12.3. The smallest absolute Gasteiger partial charge is 0.0717 e. The number of anilines is 1. The van der Waals surface area contributed by atoms with Gasteiger partial charge in [-0.15, -0.1) is 0 Å². The molecular formula is C13H21N3O. The van der Waals surface area contributed by atoms with Gasteiger partial charge in [0.15, 0.2) is 0 Å². The van der Waals surface area contributed by atoms with E-state index in [-0.39, 0.29) is 6.61 Å². The Morgan fingerprint density at radius 1 is 1.29 bits per heavy atom. The molecule has 0 atom stereocenters. The van der Waals surface area contributed by atoms with Crippen LogP contribution in [0.2, 0.25) is 0 Å². The van der Waals surface area contributed by atoms with Gasteiger partial charge in [-0.3, -0.25) is 4.98 Å². The maximum Gasteiger partial charge on any atom is 0.0717 e. The van der Waals surface area contributed by atoms with Crippen LogP contribution in [0.5, 0.6) is 0 Å². The summed E-state index contributed by atoms with van der Waals surface area (Å²) in [6.45, 7) is 6.36. The molecule has 0 unspecified atom stereocenters. The van der Waals surface area contributed by atoms with Crippen molar-refractivity contribution in [2.75, 3.05) is 38.1 Å². The van der Waals surface area contributed by atoms with E-state index in [4.69, 9.17) is 0 Å². The molecule has 4 heteroatoms. The van der Waals surface area contributed by atoms with Gasteiger partial charge in [-0.05, 0) is 33.0 Å². The van der Waals surface area contributed by atoms with E-state index in [1.54, 1.807) is 6.20 Å². The second-order valence-electron chi connectivity index (χ2n) is 4.76. The Hall–Kier alpha value is -1.13. The average molecular weight is 235 g/mol. The van der Waals surface area contributed by atoms with Gasteiger partial charge >= 0.3 is 0 Å². The van der Waals surface area contributed by atoms with Crippen molar-refractivity contribution in [2.45, 2.75) is 20.0 Å². The first-order valence-corrected chi connectivity index (χ1v) is 6.20. The van der Waals surface area contributed by atoms with Crippen LogP contribution in [0.1, 0.15) is 17.7 Å². The van der Waals surface area contributed by atoms with Crippen LogP contribution in [0.25, 0.3) is 0 Å². The van der Waals surface area contributed by atoms with Gasteiger partial charge in [0.05, 0.1) is 6.61 Å². The number of likely N-dealkylation sites (N-methyl/N-ethyl adjacent to an activating group) is 1. The van der Waals surface area contributed by atoms with Crippen LogP contribution in [-0.2, 0) is 6.61 Å². The van der Waals surface area contributed by atoms with Gasteiger partial charge in [-0.1, -0.05) is 0 Å². The number of aryl methyl sites for hydroxylation is 1. The Morgan fingerprint density at radius 3 is 2.88 bits per heavy atom. The summed E-state index contributed by atoms with van der Waals surface area (Å²) in [6, 6.07) is 2.08. The van der Waals surface area contributed by atoms with Crippen molar-refractivity contribution in [1.82, 2.24) is 9.88 Å². The third kappa shape index (κ3) is 2.96. The molecule has 1 aliphatic heterocycles.